The van der Waals surface area contributed by atoms with Gasteiger partial charge in [-0.3, -0.25) is 4.79 Å². The second-order valence-electron chi connectivity index (χ2n) is 4.68. The van der Waals surface area contributed by atoms with Gasteiger partial charge < -0.3 is 16.8 Å². The Balaban J connectivity index is 3.27. The quantitative estimate of drug-likeness (QED) is 0.719. The van der Waals surface area contributed by atoms with Gasteiger partial charge in [0.15, 0.2) is 0 Å². The van der Waals surface area contributed by atoms with Gasteiger partial charge in [0.25, 0.3) is 5.91 Å². The maximum absolute atomic E-state index is 11.5. The van der Waals surface area contributed by atoms with Gasteiger partial charge in [0.05, 0.1) is 16.3 Å². The lowest BCUT2D eigenvalue weighted by atomic mass is 9.94. The maximum Gasteiger partial charge on any atom is 0.250 e. The highest BCUT2D eigenvalue weighted by molar-refractivity contribution is 6.34. The number of halogens is 1. The van der Waals surface area contributed by atoms with Crippen molar-refractivity contribution in [3.8, 4) is 0 Å². The first-order chi connectivity index (χ1) is 8.33. The van der Waals surface area contributed by atoms with Gasteiger partial charge >= 0.3 is 0 Å². The van der Waals surface area contributed by atoms with E-state index in [2.05, 4.69) is 26.1 Å². The largest absolute Gasteiger partial charge is 0.399 e. The van der Waals surface area contributed by atoms with Gasteiger partial charge in [-0.2, -0.15) is 0 Å². The van der Waals surface area contributed by atoms with Crippen LogP contribution >= 0.6 is 11.6 Å². The van der Waals surface area contributed by atoms with Crippen LogP contribution in [0.15, 0.2) is 12.1 Å². The summed E-state index contributed by atoms with van der Waals surface area (Å²) in [5.74, 6) is -0.541. The van der Waals surface area contributed by atoms with E-state index >= 15 is 0 Å². The summed E-state index contributed by atoms with van der Waals surface area (Å²) in [6, 6.07) is 3.16. The highest BCUT2D eigenvalue weighted by Crippen LogP contribution is 2.33. The highest BCUT2D eigenvalue weighted by atomic mass is 35.5. The van der Waals surface area contributed by atoms with E-state index < -0.39 is 5.91 Å². The molecule has 1 rings (SSSR count). The molecule has 5 heteroatoms. The summed E-state index contributed by atoms with van der Waals surface area (Å²) >= 11 is 6.15. The summed E-state index contributed by atoms with van der Waals surface area (Å²) < 4.78 is 0. The number of nitrogens with two attached hydrogens (primary N) is 2. The first kappa shape index (κ1) is 14.6. The Kier molecular flexibility index (Phi) is 4.46. The zero-order valence-electron chi connectivity index (χ0n) is 11.0. The van der Waals surface area contributed by atoms with Crippen LogP contribution in [0, 0.1) is 0 Å². The topological polar surface area (TPSA) is 81.1 Å². The normalized spacial score (nSPS) is 11.3. The Labute approximate surface area is 113 Å². The van der Waals surface area contributed by atoms with Crippen molar-refractivity contribution in [2.75, 3.05) is 11.1 Å². The number of rotatable bonds is 5. The van der Waals surface area contributed by atoms with Crippen LogP contribution < -0.4 is 16.8 Å². The van der Waals surface area contributed by atoms with Crippen molar-refractivity contribution in [2.24, 2.45) is 5.73 Å². The fourth-order valence-electron chi connectivity index (χ4n) is 1.68. The van der Waals surface area contributed by atoms with Crippen LogP contribution in [0.2, 0.25) is 5.02 Å². The molecule has 0 bridgehead atoms. The number of primary amides is 1. The molecule has 0 spiro atoms. The van der Waals surface area contributed by atoms with Crippen LogP contribution in [0.4, 0.5) is 11.4 Å². The van der Waals surface area contributed by atoms with Crippen molar-refractivity contribution in [3.05, 3.63) is 22.7 Å². The molecule has 0 radical (unpaired) electrons. The number of hydrogen-bond acceptors (Lipinski definition) is 3. The van der Waals surface area contributed by atoms with Crippen LogP contribution in [-0.4, -0.2) is 11.4 Å². The van der Waals surface area contributed by atoms with E-state index in [1.807, 2.05) is 0 Å². The summed E-state index contributed by atoms with van der Waals surface area (Å²) in [5, 5.41) is 3.73. The summed E-state index contributed by atoms with van der Waals surface area (Å²) in [4.78, 5) is 11.5. The molecule has 0 unspecified atom stereocenters. The monoisotopic (exact) mass is 269 g/mol. The number of amides is 1. The molecular weight excluding hydrogens is 250 g/mol. The molecule has 0 saturated carbocycles. The lowest BCUT2D eigenvalue weighted by Gasteiger charge is -2.31. The Morgan fingerprint density at radius 2 is 1.94 bits per heavy atom. The van der Waals surface area contributed by atoms with E-state index in [1.54, 1.807) is 12.1 Å². The number of anilines is 2. The van der Waals surface area contributed by atoms with E-state index in [0.717, 1.165) is 12.8 Å². The molecule has 4 nitrogen and oxygen atoms in total. The van der Waals surface area contributed by atoms with E-state index in [1.165, 1.54) is 0 Å². The van der Waals surface area contributed by atoms with Crippen LogP contribution in [0.25, 0.3) is 0 Å². The van der Waals surface area contributed by atoms with Crippen LogP contribution in [0.5, 0.6) is 0 Å². The molecule has 0 saturated heterocycles. The third kappa shape index (κ3) is 3.07. The van der Waals surface area contributed by atoms with Gasteiger partial charge in [-0.05, 0) is 31.9 Å². The lowest BCUT2D eigenvalue weighted by Crippen LogP contribution is -2.34. The number of hydrogen-bond donors (Lipinski definition) is 3. The molecule has 1 amide bonds. The van der Waals surface area contributed by atoms with Crippen LogP contribution in [0.1, 0.15) is 44.0 Å². The van der Waals surface area contributed by atoms with Crippen LogP contribution in [-0.2, 0) is 0 Å². The third-order valence-electron chi connectivity index (χ3n) is 3.37. The van der Waals surface area contributed by atoms with Gasteiger partial charge in [0.2, 0.25) is 0 Å². The maximum atomic E-state index is 11.5. The Hall–Kier alpha value is -1.42. The van der Waals surface area contributed by atoms with Crippen molar-refractivity contribution in [3.63, 3.8) is 0 Å². The van der Waals surface area contributed by atoms with Crippen molar-refractivity contribution in [1.82, 2.24) is 0 Å². The Morgan fingerprint density at radius 3 is 2.39 bits per heavy atom. The molecular formula is C13H20ClN3O. The molecule has 1 aromatic carbocycles. The van der Waals surface area contributed by atoms with E-state index in [9.17, 15) is 4.79 Å². The average Bonchev–Trinajstić information content (AvgIpc) is 2.31. The zero-order valence-corrected chi connectivity index (χ0v) is 11.8. The summed E-state index contributed by atoms with van der Waals surface area (Å²) in [5.41, 5.74) is 12.2. The minimum Gasteiger partial charge on any atom is -0.399 e. The standard InChI is InChI=1S/C13H20ClN3O/c1-4-13(3,5-2)17-11-9(12(16)18)6-8(15)7-10(11)14/h6-7,17H,4-5,15H2,1-3H3,(H2,16,18). The van der Waals surface area contributed by atoms with Crippen LogP contribution in [0.3, 0.4) is 0 Å². The van der Waals surface area contributed by atoms with Crippen molar-refractivity contribution < 1.29 is 4.79 Å². The lowest BCUT2D eigenvalue weighted by molar-refractivity contribution is 0.100. The van der Waals surface area contributed by atoms with Gasteiger partial charge in [0.1, 0.15) is 0 Å². The second-order valence-corrected chi connectivity index (χ2v) is 5.09. The molecule has 1 aromatic rings. The molecule has 18 heavy (non-hydrogen) atoms. The minimum atomic E-state index is -0.541. The average molecular weight is 270 g/mol. The number of nitrogen functional groups attached to an aromatic ring is 1. The van der Waals surface area contributed by atoms with E-state index in [-0.39, 0.29) is 5.54 Å². The first-order valence-corrected chi connectivity index (χ1v) is 6.37. The smallest absolute Gasteiger partial charge is 0.250 e. The summed E-state index contributed by atoms with van der Waals surface area (Å²) in [6.07, 6.45) is 1.81. The number of carbonyl (C=O) groups excluding carboxylic acids is 1. The predicted octanol–water partition coefficient (Wildman–Crippen LogP) is 3.01. The predicted molar refractivity (Wildman–Crippen MR) is 77.0 cm³/mol. The van der Waals surface area contributed by atoms with E-state index in [4.69, 9.17) is 23.1 Å². The molecule has 0 aliphatic heterocycles. The van der Waals surface area contributed by atoms with Gasteiger partial charge in [0, 0.05) is 11.2 Å². The van der Waals surface area contributed by atoms with Gasteiger partial charge in [-0.1, -0.05) is 25.4 Å². The summed E-state index contributed by atoms with van der Waals surface area (Å²) in [7, 11) is 0. The van der Waals surface area contributed by atoms with Gasteiger partial charge in [-0.25, -0.2) is 0 Å². The number of benzene rings is 1. The second kappa shape index (κ2) is 5.48. The molecule has 0 heterocycles. The highest BCUT2D eigenvalue weighted by Gasteiger charge is 2.23. The molecule has 0 aliphatic carbocycles. The third-order valence-corrected chi connectivity index (χ3v) is 3.66. The molecule has 100 valence electrons. The molecule has 0 fully saturated rings. The fourth-order valence-corrected chi connectivity index (χ4v) is 1.95. The van der Waals surface area contributed by atoms with Gasteiger partial charge in [-0.15, -0.1) is 0 Å². The van der Waals surface area contributed by atoms with E-state index in [0.29, 0.717) is 22.0 Å². The number of nitrogens with one attached hydrogen (secondary N) is 1. The molecule has 0 atom stereocenters. The molecule has 0 aromatic heterocycles. The van der Waals surface area contributed by atoms with Crippen molar-refractivity contribution in [2.45, 2.75) is 39.2 Å². The zero-order chi connectivity index (χ0) is 13.9. The first-order valence-electron chi connectivity index (χ1n) is 6.00. The van der Waals surface area contributed by atoms with Crippen molar-refractivity contribution in [1.29, 1.82) is 0 Å². The summed E-state index contributed by atoms with van der Waals surface area (Å²) in [6.45, 7) is 6.22. The molecule has 0 aliphatic rings. The Morgan fingerprint density at radius 1 is 1.39 bits per heavy atom. The SMILES string of the molecule is CCC(C)(CC)Nc1c(Cl)cc(N)cc1C(N)=O. The minimum absolute atomic E-state index is 0.135. The van der Waals surface area contributed by atoms with Crippen molar-refractivity contribution >= 4 is 28.9 Å². The molecule has 5 N–H and O–H groups in total. The Bertz CT molecular complexity index is 456. The fraction of sp³-hybridized carbons (Fsp3) is 0.462. The number of carbonyl (C=O) groups is 1.